The van der Waals surface area contributed by atoms with E-state index in [4.69, 9.17) is 8.83 Å². The maximum atomic E-state index is 15.2. The van der Waals surface area contributed by atoms with Gasteiger partial charge in [0.05, 0.1) is 49.3 Å². The third-order valence-electron chi connectivity index (χ3n) is 10.0. The molecule has 0 aliphatic rings. The maximum Gasteiger partial charge on any atom is 0.199 e. The van der Waals surface area contributed by atoms with Gasteiger partial charge in [0, 0.05) is 11.4 Å². The van der Waals surface area contributed by atoms with Crippen LogP contribution in [0.25, 0.3) is 77.0 Å². The Labute approximate surface area is 288 Å². The van der Waals surface area contributed by atoms with E-state index in [1.54, 1.807) is 0 Å². The first-order chi connectivity index (χ1) is 25.2. The van der Waals surface area contributed by atoms with Gasteiger partial charge in [-0.2, -0.15) is 0 Å². The average molecular weight is 660 g/mol. The van der Waals surface area contributed by atoms with Crippen LogP contribution in [0.15, 0.2) is 170 Å². The lowest BCUT2D eigenvalue weighted by Crippen LogP contribution is -2.20. The van der Waals surface area contributed by atoms with Crippen molar-refractivity contribution >= 4 is 94.0 Å². The smallest absolute Gasteiger partial charge is 0.199 e. The fourth-order valence-electron chi connectivity index (χ4n) is 7.97. The van der Waals surface area contributed by atoms with Gasteiger partial charge in [0.15, 0.2) is 33.2 Å². The number of pyridine rings is 2. The molecular weight excluding hydrogens is 635 g/mol. The lowest BCUT2D eigenvalue weighted by molar-refractivity contribution is 0.655. The molecule has 7 heteroatoms. The molecule has 0 bridgehead atoms. The van der Waals surface area contributed by atoms with E-state index in [0.717, 1.165) is 22.4 Å². The molecular formula is C44H25N3O4. The quantitative estimate of drug-likeness (QED) is 0.139. The number of hydrogen-bond acceptors (Lipinski definition) is 5. The van der Waals surface area contributed by atoms with Gasteiger partial charge in [0.25, 0.3) is 0 Å². The summed E-state index contributed by atoms with van der Waals surface area (Å²) >= 11 is 0. The van der Waals surface area contributed by atoms with Gasteiger partial charge in [-0.05, 0) is 78.9 Å². The molecule has 11 aromatic rings. The first-order valence-corrected chi connectivity index (χ1v) is 16.8. The number of aromatic nitrogens is 2. The molecule has 0 radical (unpaired) electrons. The lowest BCUT2D eigenvalue weighted by Gasteiger charge is -2.29. The minimum Gasteiger partial charge on any atom is -0.453 e. The monoisotopic (exact) mass is 659 g/mol. The number of nitrogens with zero attached hydrogens (tertiary/aromatic N) is 3. The standard InChI is InChI=1S/C44H25N3O4/c48-43-28-17-11-23-36-40(28)46(30-19-7-9-21-34(30)50-36)32-25-33-39(42(38(32)43)45(26-13-3-1-4-14-26)27-15-5-2-6-16-27)44(49)29-18-12-24-37-41(29)47(33)31-20-8-10-22-35(31)51-37/h1-25H. The molecule has 0 saturated carbocycles. The second kappa shape index (κ2) is 10.2. The summed E-state index contributed by atoms with van der Waals surface area (Å²) in [5.74, 6) is 0. The van der Waals surface area contributed by atoms with Crippen molar-refractivity contribution in [3.05, 3.63) is 172 Å². The third kappa shape index (κ3) is 3.72. The summed E-state index contributed by atoms with van der Waals surface area (Å²) in [6, 6.07) is 48.7. The molecule has 240 valence electrons. The van der Waals surface area contributed by atoms with Crippen LogP contribution in [-0.2, 0) is 0 Å². The molecule has 0 fully saturated rings. The van der Waals surface area contributed by atoms with E-state index in [0.29, 0.717) is 71.6 Å². The second-order valence-corrected chi connectivity index (χ2v) is 12.8. The zero-order valence-corrected chi connectivity index (χ0v) is 26.9. The van der Waals surface area contributed by atoms with E-state index >= 15 is 9.59 Å². The van der Waals surface area contributed by atoms with Crippen molar-refractivity contribution in [1.29, 1.82) is 0 Å². The van der Waals surface area contributed by atoms with Crippen molar-refractivity contribution < 1.29 is 8.83 Å². The number of para-hydroxylation sites is 8. The minimum absolute atomic E-state index is 0.189. The predicted molar refractivity (Wildman–Crippen MR) is 205 cm³/mol. The molecule has 0 aliphatic heterocycles. The topological polar surface area (TPSA) is 72.5 Å². The van der Waals surface area contributed by atoms with Crippen LogP contribution in [0.2, 0.25) is 0 Å². The van der Waals surface area contributed by atoms with E-state index in [1.807, 2.05) is 152 Å². The zero-order valence-electron chi connectivity index (χ0n) is 26.9. The van der Waals surface area contributed by atoms with Gasteiger partial charge in [-0.15, -0.1) is 0 Å². The van der Waals surface area contributed by atoms with E-state index < -0.39 is 0 Å². The number of benzene rings is 7. The highest BCUT2D eigenvalue weighted by Gasteiger charge is 2.28. The molecule has 4 heterocycles. The number of anilines is 3. The van der Waals surface area contributed by atoms with Gasteiger partial charge in [0.2, 0.25) is 0 Å². The molecule has 0 N–H and O–H groups in total. The molecule has 0 spiro atoms. The first kappa shape index (κ1) is 27.8. The molecule has 7 nitrogen and oxygen atoms in total. The van der Waals surface area contributed by atoms with Crippen LogP contribution in [0, 0.1) is 0 Å². The van der Waals surface area contributed by atoms with Gasteiger partial charge in [-0.1, -0.05) is 72.8 Å². The van der Waals surface area contributed by atoms with Crippen molar-refractivity contribution in [3.63, 3.8) is 0 Å². The summed E-state index contributed by atoms with van der Waals surface area (Å²) in [6.45, 7) is 0. The van der Waals surface area contributed by atoms with Crippen LogP contribution in [0.1, 0.15) is 0 Å². The average Bonchev–Trinajstić information content (AvgIpc) is 3.18. The van der Waals surface area contributed by atoms with Crippen molar-refractivity contribution in [2.24, 2.45) is 0 Å². The highest BCUT2D eigenvalue weighted by molar-refractivity contribution is 6.19. The van der Waals surface area contributed by atoms with Gasteiger partial charge >= 0.3 is 0 Å². The van der Waals surface area contributed by atoms with Gasteiger partial charge < -0.3 is 22.5 Å². The molecule has 0 amide bonds. The summed E-state index contributed by atoms with van der Waals surface area (Å²) in [7, 11) is 0. The molecule has 0 aliphatic carbocycles. The SMILES string of the molecule is O=c1c2cccc3oc4ccccc4n(c4cc5c(c(N(c6ccccc6)c6ccccc6)c14)c(=O)c1cccc4oc6ccccc6n5c41)c32. The summed E-state index contributed by atoms with van der Waals surface area (Å²) < 4.78 is 17.1. The van der Waals surface area contributed by atoms with E-state index in [2.05, 4.69) is 13.7 Å². The molecule has 4 aromatic heterocycles. The molecule has 7 aromatic carbocycles. The molecule has 51 heavy (non-hydrogen) atoms. The van der Waals surface area contributed by atoms with Gasteiger partial charge in [-0.25, -0.2) is 0 Å². The summed E-state index contributed by atoms with van der Waals surface area (Å²) in [5.41, 5.74) is 8.53. The molecule has 0 atom stereocenters. The highest BCUT2D eigenvalue weighted by atomic mass is 16.3. The van der Waals surface area contributed by atoms with Crippen LogP contribution < -0.4 is 15.8 Å². The molecule has 0 saturated heterocycles. The van der Waals surface area contributed by atoms with Crippen molar-refractivity contribution in [1.82, 2.24) is 8.80 Å². The van der Waals surface area contributed by atoms with Gasteiger partial charge in [0.1, 0.15) is 11.0 Å². The van der Waals surface area contributed by atoms with Crippen LogP contribution in [0.4, 0.5) is 17.1 Å². The Bertz CT molecular complexity index is 3130. The Kier molecular flexibility index (Phi) is 5.56. The lowest BCUT2D eigenvalue weighted by atomic mass is 9.99. The Hall–Kier alpha value is -7.12. The van der Waals surface area contributed by atoms with Crippen molar-refractivity contribution in [2.45, 2.75) is 0 Å². The van der Waals surface area contributed by atoms with E-state index in [1.165, 1.54) is 0 Å². The first-order valence-electron chi connectivity index (χ1n) is 16.8. The van der Waals surface area contributed by atoms with Crippen molar-refractivity contribution in [2.75, 3.05) is 4.90 Å². The highest BCUT2D eigenvalue weighted by Crippen LogP contribution is 2.44. The number of hydrogen-bond donors (Lipinski definition) is 0. The Morgan fingerprint density at radius 2 is 0.824 bits per heavy atom. The number of rotatable bonds is 3. The maximum absolute atomic E-state index is 15.2. The van der Waals surface area contributed by atoms with Crippen LogP contribution in [-0.4, -0.2) is 8.80 Å². The Balaban J connectivity index is 1.53. The van der Waals surface area contributed by atoms with Crippen molar-refractivity contribution in [3.8, 4) is 0 Å². The van der Waals surface area contributed by atoms with Crippen LogP contribution in [0.5, 0.6) is 0 Å². The molecule has 0 unspecified atom stereocenters. The largest absolute Gasteiger partial charge is 0.453 e. The summed E-state index contributed by atoms with van der Waals surface area (Å²) in [5, 5.41) is 1.86. The zero-order chi connectivity index (χ0) is 33.8. The fourth-order valence-corrected chi connectivity index (χ4v) is 7.97. The normalized spacial score (nSPS) is 12.1. The Morgan fingerprint density at radius 3 is 1.29 bits per heavy atom. The minimum atomic E-state index is -0.189. The van der Waals surface area contributed by atoms with Crippen LogP contribution >= 0.6 is 0 Å². The molecule has 11 rings (SSSR count). The van der Waals surface area contributed by atoms with E-state index in [9.17, 15) is 0 Å². The summed E-state index contributed by atoms with van der Waals surface area (Å²) in [4.78, 5) is 32.5. The van der Waals surface area contributed by atoms with E-state index in [-0.39, 0.29) is 10.9 Å². The predicted octanol–water partition coefficient (Wildman–Crippen LogP) is 10.5. The van der Waals surface area contributed by atoms with Gasteiger partial charge in [-0.3, -0.25) is 9.59 Å². The number of fused-ring (bicyclic) bond motifs is 8. The Morgan fingerprint density at radius 1 is 0.412 bits per heavy atom. The fraction of sp³-hybridized carbons (Fsp3) is 0. The third-order valence-corrected chi connectivity index (χ3v) is 10.0. The van der Waals surface area contributed by atoms with Crippen LogP contribution in [0.3, 0.4) is 0 Å². The summed E-state index contributed by atoms with van der Waals surface area (Å²) in [6.07, 6.45) is 0. The second-order valence-electron chi connectivity index (χ2n) is 12.8.